The number of aryl methyl sites for hydroxylation is 1. The SMILES string of the molecule is Cc1ccnc(C(C)C)c1-n1c(=O)nc(N2C[C@@H](C)N[C@@H](C)C2)c2cc(F)c(C3=C(F)C(N)C(F)C(F)=C3F)nc21. The molecule has 3 N–H and O–H groups in total. The predicted octanol–water partition coefficient (Wildman–Crippen LogP) is 4.44. The minimum Gasteiger partial charge on any atom is -0.353 e. The zero-order chi connectivity index (χ0) is 29.9. The summed E-state index contributed by atoms with van der Waals surface area (Å²) in [5.74, 6) is -6.78. The van der Waals surface area contributed by atoms with Crippen molar-refractivity contribution in [2.75, 3.05) is 18.0 Å². The Kier molecular flexibility index (Phi) is 7.45. The Morgan fingerprint density at radius 3 is 2.37 bits per heavy atom. The van der Waals surface area contributed by atoms with Gasteiger partial charge in [-0.1, -0.05) is 13.8 Å². The highest BCUT2D eigenvalue weighted by molar-refractivity contribution is 5.91. The van der Waals surface area contributed by atoms with E-state index in [1.807, 2.05) is 32.6 Å². The number of nitrogens with two attached hydrogens (primary N) is 1. The standard InChI is InChI=1S/C28H30F5N7O/c1-11(2)23-25(12(3)6-7-35-23)40-27-15(26(38-28(40)41)39-9-13(4)36-14(5)10-39)8-16(29)24(37-27)17-18(30)20(32)21(33)22(34)19(17)31/h6-8,11,13-14,21-22,36H,9-10,34H2,1-5H3/t13-,14+,21?,22?. The van der Waals surface area contributed by atoms with E-state index in [0.717, 1.165) is 10.6 Å². The van der Waals surface area contributed by atoms with Gasteiger partial charge in [-0.25, -0.2) is 36.3 Å². The number of aromatic nitrogens is 4. The Balaban J connectivity index is 1.90. The van der Waals surface area contributed by atoms with Gasteiger partial charge in [-0.2, -0.15) is 4.98 Å². The van der Waals surface area contributed by atoms with Gasteiger partial charge in [0.2, 0.25) is 0 Å². The fourth-order valence-corrected chi connectivity index (χ4v) is 5.52. The molecule has 5 rings (SSSR count). The van der Waals surface area contributed by atoms with Crippen molar-refractivity contribution in [1.82, 2.24) is 24.8 Å². The van der Waals surface area contributed by atoms with E-state index < -0.39 is 52.5 Å². The van der Waals surface area contributed by atoms with E-state index in [-0.39, 0.29) is 34.9 Å². The number of rotatable bonds is 4. The Labute approximate surface area is 232 Å². The van der Waals surface area contributed by atoms with Crippen LogP contribution in [0.15, 0.2) is 40.6 Å². The number of pyridine rings is 2. The molecule has 0 saturated carbocycles. The lowest BCUT2D eigenvalue weighted by Crippen LogP contribution is -2.55. The normalized spacial score (nSPS) is 23.8. The maximum atomic E-state index is 15.8. The lowest BCUT2D eigenvalue weighted by Gasteiger charge is -2.37. The molecule has 0 aromatic carbocycles. The van der Waals surface area contributed by atoms with Crippen molar-refractivity contribution < 1.29 is 22.0 Å². The van der Waals surface area contributed by atoms with Gasteiger partial charge in [0.15, 0.2) is 29.3 Å². The second kappa shape index (κ2) is 10.6. The monoisotopic (exact) mass is 575 g/mol. The van der Waals surface area contributed by atoms with Crippen molar-refractivity contribution >= 4 is 22.4 Å². The third kappa shape index (κ3) is 4.80. The minimum atomic E-state index is -2.78. The molecule has 218 valence electrons. The van der Waals surface area contributed by atoms with Crippen molar-refractivity contribution in [2.24, 2.45) is 5.73 Å². The first-order valence-corrected chi connectivity index (χ1v) is 13.3. The molecule has 1 aliphatic carbocycles. The van der Waals surface area contributed by atoms with Crippen LogP contribution in [-0.2, 0) is 0 Å². The first kappa shape index (κ1) is 28.8. The molecule has 0 bridgehead atoms. The number of anilines is 1. The van der Waals surface area contributed by atoms with E-state index in [1.165, 1.54) is 0 Å². The first-order valence-electron chi connectivity index (χ1n) is 13.3. The smallest absolute Gasteiger partial charge is 0.353 e. The quantitative estimate of drug-likeness (QED) is 0.444. The average molecular weight is 576 g/mol. The van der Waals surface area contributed by atoms with Crippen molar-refractivity contribution in [3.8, 4) is 5.69 Å². The van der Waals surface area contributed by atoms with Crippen LogP contribution < -0.4 is 21.6 Å². The van der Waals surface area contributed by atoms with E-state index >= 15 is 8.78 Å². The summed E-state index contributed by atoms with van der Waals surface area (Å²) in [7, 11) is 0. The van der Waals surface area contributed by atoms with E-state index in [4.69, 9.17) is 5.73 Å². The molecule has 3 aromatic heterocycles. The molecule has 1 fully saturated rings. The summed E-state index contributed by atoms with van der Waals surface area (Å²) in [5, 5.41) is 3.45. The van der Waals surface area contributed by atoms with E-state index in [9.17, 15) is 18.0 Å². The highest BCUT2D eigenvalue weighted by Crippen LogP contribution is 2.41. The van der Waals surface area contributed by atoms with Crippen LogP contribution in [0.3, 0.4) is 0 Å². The summed E-state index contributed by atoms with van der Waals surface area (Å²) < 4.78 is 75.4. The van der Waals surface area contributed by atoms with Crippen LogP contribution in [0.2, 0.25) is 0 Å². The van der Waals surface area contributed by atoms with Crippen LogP contribution in [0.5, 0.6) is 0 Å². The predicted molar refractivity (Wildman–Crippen MR) is 146 cm³/mol. The lowest BCUT2D eigenvalue weighted by molar-refractivity contribution is 0.264. The molecular formula is C28H30F5N7O. The number of piperazine rings is 1. The van der Waals surface area contributed by atoms with Gasteiger partial charge in [0.25, 0.3) is 0 Å². The van der Waals surface area contributed by atoms with Crippen molar-refractivity contribution in [3.63, 3.8) is 0 Å². The third-order valence-electron chi connectivity index (χ3n) is 7.34. The van der Waals surface area contributed by atoms with Gasteiger partial charge in [0.05, 0.1) is 28.4 Å². The van der Waals surface area contributed by atoms with Crippen LogP contribution >= 0.6 is 0 Å². The number of nitrogens with zero attached hydrogens (tertiary/aromatic N) is 5. The first-order chi connectivity index (χ1) is 19.3. The van der Waals surface area contributed by atoms with Crippen LogP contribution in [0.4, 0.5) is 27.8 Å². The summed E-state index contributed by atoms with van der Waals surface area (Å²) in [6, 6.07) is 0.420. The molecule has 41 heavy (non-hydrogen) atoms. The van der Waals surface area contributed by atoms with Gasteiger partial charge < -0.3 is 16.0 Å². The Bertz CT molecular complexity index is 1660. The van der Waals surface area contributed by atoms with Crippen LogP contribution in [0, 0.1) is 12.7 Å². The van der Waals surface area contributed by atoms with Gasteiger partial charge in [-0.3, -0.25) is 4.98 Å². The summed E-state index contributed by atoms with van der Waals surface area (Å²) in [6.45, 7) is 10.2. The largest absolute Gasteiger partial charge is 0.355 e. The van der Waals surface area contributed by atoms with E-state index in [0.29, 0.717) is 30.0 Å². The zero-order valence-electron chi connectivity index (χ0n) is 23.1. The maximum Gasteiger partial charge on any atom is 0.355 e. The van der Waals surface area contributed by atoms with Crippen LogP contribution in [-0.4, -0.2) is 56.9 Å². The second-order valence-electron chi connectivity index (χ2n) is 10.9. The Morgan fingerprint density at radius 1 is 1.07 bits per heavy atom. The molecule has 0 spiro atoms. The summed E-state index contributed by atoms with van der Waals surface area (Å²) >= 11 is 0. The fraction of sp³-hybridized carbons (Fsp3) is 0.429. The molecular weight excluding hydrogens is 545 g/mol. The van der Waals surface area contributed by atoms with Gasteiger partial charge in [-0.15, -0.1) is 0 Å². The number of nitrogens with one attached hydrogen (secondary N) is 1. The number of alkyl halides is 1. The Hall–Kier alpha value is -3.71. The molecule has 4 heterocycles. The molecule has 8 nitrogen and oxygen atoms in total. The second-order valence-corrected chi connectivity index (χ2v) is 10.9. The summed E-state index contributed by atoms with van der Waals surface area (Å²) in [5.41, 5.74) is 3.73. The van der Waals surface area contributed by atoms with E-state index in [2.05, 4.69) is 20.3 Å². The molecule has 0 amide bonds. The number of fused-ring (bicyclic) bond motifs is 1. The molecule has 3 aromatic rings. The fourth-order valence-electron chi connectivity index (χ4n) is 5.52. The third-order valence-corrected chi connectivity index (χ3v) is 7.34. The molecule has 13 heteroatoms. The van der Waals surface area contributed by atoms with Gasteiger partial charge in [-0.05, 0) is 44.4 Å². The topological polar surface area (TPSA) is 102 Å². The van der Waals surface area contributed by atoms with Gasteiger partial charge in [0, 0.05) is 31.4 Å². The highest BCUT2D eigenvalue weighted by Gasteiger charge is 2.40. The van der Waals surface area contributed by atoms with Crippen molar-refractivity contribution in [2.45, 2.75) is 64.8 Å². The Morgan fingerprint density at radius 2 is 1.73 bits per heavy atom. The molecule has 2 aliphatic rings. The van der Waals surface area contributed by atoms with Crippen LogP contribution in [0.25, 0.3) is 22.3 Å². The number of allylic oxidation sites excluding steroid dienone is 2. The lowest BCUT2D eigenvalue weighted by atomic mass is 9.95. The zero-order valence-corrected chi connectivity index (χ0v) is 23.1. The van der Waals surface area contributed by atoms with Crippen LogP contribution in [0.1, 0.15) is 50.6 Å². The summed E-state index contributed by atoms with van der Waals surface area (Å²) in [6.07, 6.45) is -1.20. The van der Waals surface area contributed by atoms with E-state index in [1.54, 1.807) is 19.2 Å². The highest BCUT2D eigenvalue weighted by atomic mass is 19.2. The number of hydrogen-bond acceptors (Lipinski definition) is 7. The molecule has 4 atom stereocenters. The summed E-state index contributed by atoms with van der Waals surface area (Å²) in [4.78, 5) is 28.6. The van der Waals surface area contributed by atoms with Gasteiger partial charge >= 0.3 is 5.69 Å². The molecule has 1 aliphatic heterocycles. The molecule has 1 saturated heterocycles. The van der Waals surface area contributed by atoms with Crippen molar-refractivity contribution in [1.29, 1.82) is 0 Å². The molecule has 2 unspecified atom stereocenters. The molecule has 0 radical (unpaired) electrons. The maximum absolute atomic E-state index is 15.8. The number of halogens is 5. The number of hydrogen-bond donors (Lipinski definition) is 2. The minimum absolute atomic E-state index is 0.00190. The average Bonchev–Trinajstić information content (AvgIpc) is 2.91. The van der Waals surface area contributed by atoms with Crippen molar-refractivity contribution in [3.05, 3.63) is 69.1 Å². The van der Waals surface area contributed by atoms with Gasteiger partial charge in [0.1, 0.15) is 17.3 Å².